The number of rotatable bonds is 7. The van der Waals surface area contributed by atoms with Gasteiger partial charge in [-0.2, -0.15) is 0 Å². The highest BCUT2D eigenvalue weighted by Crippen LogP contribution is 2.22. The lowest BCUT2D eigenvalue weighted by atomic mass is 10.1. The van der Waals surface area contributed by atoms with E-state index in [9.17, 15) is 4.79 Å². The molecular weight excluding hydrogens is 416 g/mol. The third-order valence-corrected chi connectivity index (χ3v) is 6.29. The van der Waals surface area contributed by atoms with E-state index >= 15 is 0 Å². The van der Waals surface area contributed by atoms with Crippen LogP contribution in [-0.4, -0.2) is 49.2 Å². The van der Waals surface area contributed by atoms with Crippen molar-refractivity contribution in [2.45, 2.75) is 33.4 Å². The van der Waals surface area contributed by atoms with Crippen LogP contribution in [0.15, 0.2) is 53.1 Å². The Bertz CT molecular complexity index is 1050. The molecule has 0 radical (unpaired) electrons. The molecule has 0 spiro atoms. The number of hydrogen-bond acceptors (Lipinski definition) is 6. The van der Waals surface area contributed by atoms with Gasteiger partial charge in [0.2, 0.25) is 0 Å². The van der Waals surface area contributed by atoms with E-state index in [1.165, 1.54) is 5.69 Å². The van der Waals surface area contributed by atoms with Crippen LogP contribution in [0.25, 0.3) is 0 Å². The first-order valence-electron chi connectivity index (χ1n) is 11.4. The highest BCUT2D eigenvalue weighted by atomic mass is 16.5. The van der Waals surface area contributed by atoms with Crippen molar-refractivity contribution in [1.29, 1.82) is 0 Å². The molecule has 7 heteroatoms. The number of nitrogens with one attached hydrogen (secondary N) is 1. The predicted molar refractivity (Wildman–Crippen MR) is 129 cm³/mol. The predicted octanol–water partition coefficient (Wildman–Crippen LogP) is 4.11. The summed E-state index contributed by atoms with van der Waals surface area (Å²) in [7, 11) is 2.16. The lowest BCUT2D eigenvalue weighted by molar-refractivity contribution is 0.0940. The molecule has 1 aromatic heterocycles. The van der Waals surface area contributed by atoms with Gasteiger partial charge < -0.3 is 24.4 Å². The maximum atomic E-state index is 12.7. The third kappa shape index (κ3) is 5.54. The molecule has 2 aromatic carbocycles. The van der Waals surface area contributed by atoms with Crippen LogP contribution in [0.1, 0.15) is 45.9 Å². The van der Waals surface area contributed by atoms with Crippen molar-refractivity contribution in [3.05, 3.63) is 76.7 Å². The highest BCUT2D eigenvalue weighted by Gasteiger charge is 2.16. The molecule has 33 heavy (non-hydrogen) atoms. The summed E-state index contributed by atoms with van der Waals surface area (Å²) < 4.78 is 11.0. The molecule has 0 bridgehead atoms. The summed E-state index contributed by atoms with van der Waals surface area (Å²) in [6.45, 7) is 10.4. The van der Waals surface area contributed by atoms with Gasteiger partial charge in [0, 0.05) is 37.4 Å². The van der Waals surface area contributed by atoms with E-state index in [0.717, 1.165) is 48.8 Å². The van der Waals surface area contributed by atoms with Crippen molar-refractivity contribution in [3.8, 4) is 5.75 Å². The average Bonchev–Trinajstić information content (AvgIpc) is 3.15. The summed E-state index contributed by atoms with van der Waals surface area (Å²) in [5.41, 5.74) is 4.69. The van der Waals surface area contributed by atoms with E-state index in [1.54, 1.807) is 12.1 Å². The van der Waals surface area contributed by atoms with Crippen molar-refractivity contribution in [3.63, 3.8) is 0 Å². The molecule has 7 nitrogen and oxygen atoms in total. The summed E-state index contributed by atoms with van der Waals surface area (Å²) in [6, 6.07) is 15.6. The van der Waals surface area contributed by atoms with Crippen molar-refractivity contribution < 1.29 is 14.1 Å². The molecule has 1 aliphatic rings. The first-order valence-corrected chi connectivity index (χ1v) is 11.4. The number of aromatic nitrogens is 1. The van der Waals surface area contributed by atoms with E-state index in [-0.39, 0.29) is 11.9 Å². The Balaban J connectivity index is 1.31. The van der Waals surface area contributed by atoms with Crippen LogP contribution in [0.2, 0.25) is 0 Å². The zero-order valence-electron chi connectivity index (χ0n) is 19.8. The number of likely N-dealkylation sites (N-methyl/N-ethyl adjacent to an activating group) is 1. The van der Waals surface area contributed by atoms with Crippen LogP contribution in [-0.2, 0) is 6.61 Å². The zero-order chi connectivity index (χ0) is 23.4. The first-order chi connectivity index (χ1) is 15.9. The molecule has 0 aliphatic carbocycles. The van der Waals surface area contributed by atoms with Crippen LogP contribution in [0.4, 0.5) is 5.69 Å². The zero-order valence-corrected chi connectivity index (χ0v) is 19.8. The molecule has 1 unspecified atom stereocenters. The van der Waals surface area contributed by atoms with Crippen LogP contribution in [0.5, 0.6) is 5.75 Å². The van der Waals surface area contributed by atoms with E-state index < -0.39 is 0 Å². The number of hydrogen-bond donors (Lipinski definition) is 1. The molecule has 174 valence electrons. The van der Waals surface area contributed by atoms with Gasteiger partial charge in [0.1, 0.15) is 18.1 Å². The fourth-order valence-corrected chi connectivity index (χ4v) is 3.97. The van der Waals surface area contributed by atoms with Gasteiger partial charge in [0.25, 0.3) is 5.91 Å². The molecule has 2 heterocycles. The monoisotopic (exact) mass is 448 g/mol. The molecule has 3 aromatic rings. The third-order valence-electron chi connectivity index (χ3n) is 6.29. The Morgan fingerprint density at radius 3 is 2.33 bits per heavy atom. The van der Waals surface area contributed by atoms with Gasteiger partial charge in [-0.05, 0) is 69.8 Å². The highest BCUT2D eigenvalue weighted by molar-refractivity contribution is 5.94. The minimum absolute atomic E-state index is 0.0884. The van der Waals surface area contributed by atoms with Crippen molar-refractivity contribution in [2.24, 2.45) is 0 Å². The number of carbonyl (C=O) groups excluding carboxylic acids is 1. The first kappa shape index (κ1) is 22.9. The minimum Gasteiger partial charge on any atom is -0.489 e. The van der Waals surface area contributed by atoms with Gasteiger partial charge >= 0.3 is 0 Å². The number of piperazine rings is 1. The molecule has 4 rings (SSSR count). The lowest BCUT2D eigenvalue weighted by Gasteiger charge is -2.34. The van der Waals surface area contributed by atoms with E-state index in [1.807, 2.05) is 32.9 Å². The SMILES string of the molecule is Cc1noc(C)c1COc1ccc(C(=O)NC(C)c2ccc(N3CCN(C)CC3)cc2)cc1. The van der Waals surface area contributed by atoms with Gasteiger partial charge in [0.05, 0.1) is 17.3 Å². The quantitative estimate of drug-likeness (QED) is 0.587. The second kappa shape index (κ2) is 10.1. The van der Waals surface area contributed by atoms with Crippen LogP contribution in [0.3, 0.4) is 0 Å². The smallest absolute Gasteiger partial charge is 0.251 e. The molecule has 1 saturated heterocycles. The second-order valence-electron chi connectivity index (χ2n) is 8.69. The Labute approximate surface area is 195 Å². The number of anilines is 1. The number of aryl methyl sites for hydroxylation is 2. The molecule has 1 atom stereocenters. The fraction of sp³-hybridized carbons (Fsp3) is 0.385. The van der Waals surface area contributed by atoms with Gasteiger partial charge in [-0.15, -0.1) is 0 Å². The van der Waals surface area contributed by atoms with E-state index in [0.29, 0.717) is 17.9 Å². The molecule has 1 amide bonds. The molecule has 1 fully saturated rings. The minimum atomic E-state index is -0.108. The lowest BCUT2D eigenvalue weighted by Crippen LogP contribution is -2.44. The molecular formula is C26H32N4O3. The normalized spacial score (nSPS) is 15.3. The van der Waals surface area contributed by atoms with E-state index in [2.05, 4.69) is 51.6 Å². The number of nitrogens with zero attached hydrogens (tertiary/aromatic N) is 3. The Morgan fingerprint density at radius 2 is 1.73 bits per heavy atom. The molecule has 1 N–H and O–H groups in total. The van der Waals surface area contributed by atoms with Gasteiger partial charge in [-0.3, -0.25) is 4.79 Å². The largest absolute Gasteiger partial charge is 0.489 e. The Morgan fingerprint density at radius 1 is 1.06 bits per heavy atom. The maximum absolute atomic E-state index is 12.7. The average molecular weight is 449 g/mol. The van der Waals surface area contributed by atoms with Gasteiger partial charge in [-0.25, -0.2) is 0 Å². The van der Waals surface area contributed by atoms with Crippen LogP contribution in [0, 0.1) is 13.8 Å². The summed E-state index contributed by atoms with van der Waals surface area (Å²) in [4.78, 5) is 17.5. The van der Waals surface area contributed by atoms with Gasteiger partial charge in [-0.1, -0.05) is 17.3 Å². The Kier molecular flexibility index (Phi) is 6.99. The van der Waals surface area contributed by atoms with Crippen LogP contribution < -0.4 is 15.0 Å². The molecule has 0 saturated carbocycles. The van der Waals surface area contributed by atoms with E-state index in [4.69, 9.17) is 9.26 Å². The van der Waals surface area contributed by atoms with Crippen LogP contribution >= 0.6 is 0 Å². The maximum Gasteiger partial charge on any atom is 0.251 e. The second-order valence-corrected chi connectivity index (χ2v) is 8.69. The fourth-order valence-electron chi connectivity index (χ4n) is 3.97. The number of benzene rings is 2. The van der Waals surface area contributed by atoms with Crippen molar-refractivity contribution in [1.82, 2.24) is 15.4 Å². The molecule has 1 aliphatic heterocycles. The van der Waals surface area contributed by atoms with Gasteiger partial charge in [0.15, 0.2) is 0 Å². The number of amides is 1. The summed E-state index contributed by atoms with van der Waals surface area (Å²) >= 11 is 0. The summed E-state index contributed by atoms with van der Waals surface area (Å²) in [5, 5.41) is 7.02. The van der Waals surface area contributed by atoms with Crippen molar-refractivity contribution in [2.75, 3.05) is 38.1 Å². The number of ether oxygens (including phenoxy) is 1. The topological polar surface area (TPSA) is 70.8 Å². The Hall–Kier alpha value is -3.32. The summed E-state index contributed by atoms with van der Waals surface area (Å²) in [6.07, 6.45) is 0. The van der Waals surface area contributed by atoms with Crippen molar-refractivity contribution >= 4 is 11.6 Å². The summed E-state index contributed by atoms with van der Waals surface area (Å²) in [5.74, 6) is 1.34. The standard InChI is InChI=1S/C26H32N4O3/c1-18(21-5-9-23(10-6-21)30-15-13-29(4)14-16-30)27-26(31)22-7-11-24(12-8-22)32-17-25-19(2)28-33-20(25)3/h5-12,18H,13-17H2,1-4H3,(H,27,31). The number of carbonyl (C=O) groups is 1.